The molecule has 0 aliphatic carbocycles. The van der Waals surface area contributed by atoms with Crippen molar-refractivity contribution in [2.45, 2.75) is 25.9 Å². The maximum Gasteiger partial charge on any atom is 0.290 e. The van der Waals surface area contributed by atoms with Crippen LogP contribution in [0.2, 0.25) is 0 Å². The Morgan fingerprint density at radius 2 is 2.13 bits per heavy atom. The fourth-order valence-corrected chi connectivity index (χ4v) is 4.46. The van der Waals surface area contributed by atoms with Crippen molar-refractivity contribution in [3.8, 4) is 5.75 Å². The van der Waals surface area contributed by atoms with Gasteiger partial charge in [-0.15, -0.1) is 11.3 Å². The molecule has 1 amide bonds. The Hall–Kier alpha value is -3.39. The molecule has 31 heavy (non-hydrogen) atoms. The number of aliphatic hydroxyl groups is 1. The van der Waals surface area contributed by atoms with Gasteiger partial charge in [-0.25, -0.2) is 4.98 Å². The molecule has 1 aliphatic rings. The zero-order valence-electron chi connectivity index (χ0n) is 17.1. The smallest absolute Gasteiger partial charge is 0.290 e. The van der Waals surface area contributed by atoms with Crippen LogP contribution in [0.1, 0.15) is 34.6 Å². The number of carbonyl (C=O) groups is 2. The normalized spacial score (nSPS) is 16.2. The van der Waals surface area contributed by atoms with Crippen LogP contribution >= 0.6 is 11.3 Å². The fraction of sp³-hybridized carbons (Fsp3) is 0.261. The molecule has 1 unspecified atom stereocenters. The highest BCUT2D eigenvalue weighted by atomic mass is 32.1. The number of benzene rings is 1. The van der Waals surface area contributed by atoms with Crippen LogP contribution < -0.4 is 4.74 Å². The number of hydrogen-bond donors (Lipinski definition) is 1. The van der Waals surface area contributed by atoms with E-state index in [0.29, 0.717) is 36.7 Å². The minimum Gasteiger partial charge on any atom is -0.503 e. The molecule has 1 atom stereocenters. The maximum absolute atomic E-state index is 13.2. The summed E-state index contributed by atoms with van der Waals surface area (Å²) in [6.45, 7) is 3.45. The molecule has 7 nitrogen and oxygen atoms in total. The van der Waals surface area contributed by atoms with Gasteiger partial charge in [0.25, 0.3) is 5.91 Å². The van der Waals surface area contributed by atoms with E-state index in [1.54, 1.807) is 34.9 Å². The quantitative estimate of drug-likeness (QED) is 0.511. The SMILES string of the molecule is CCOc1cccc(C2C(C(=O)c3cccs3)=C(O)C(=O)N2CCCn2ccnc2)c1. The molecule has 0 spiro atoms. The van der Waals surface area contributed by atoms with Crippen molar-refractivity contribution in [2.75, 3.05) is 13.2 Å². The van der Waals surface area contributed by atoms with Gasteiger partial charge < -0.3 is 19.3 Å². The zero-order chi connectivity index (χ0) is 21.8. The second kappa shape index (κ2) is 9.18. The Morgan fingerprint density at radius 1 is 1.26 bits per heavy atom. The lowest BCUT2D eigenvalue weighted by Crippen LogP contribution is -2.32. The molecule has 1 aliphatic heterocycles. The summed E-state index contributed by atoms with van der Waals surface area (Å²) in [5.41, 5.74) is 0.842. The van der Waals surface area contributed by atoms with Gasteiger partial charge in [0.15, 0.2) is 5.76 Å². The third-order valence-electron chi connectivity index (χ3n) is 5.15. The van der Waals surface area contributed by atoms with E-state index in [-0.39, 0.29) is 11.4 Å². The van der Waals surface area contributed by atoms with Gasteiger partial charge in [0.2, 0.25) is 5.78 Å². The molecule has 0 fully saturated rings. The van der Waals surface area contributed by atoms with Gasteiger partial charge in [-0.3, -0.25) is 9.59 Å². The summed E-state index contributed by atoms with van der Waals surface area (Å²) in [5.74, 6) is -0.685. The molecule has 0 bridgehead atoms. The number of aromatic nitrogens is 2. The number of imidazole rings is 1. The molecule has 160 valence electrons. The van der Waals surface area contributed by atoms with Crippen LogP contribution in [0.25, 0.3) is 0 Å². The Labute approximate surface area is 184 Å². The number of aryl methyl sites for hydroxylation is 1. The van der Waals surface area contributed by atoms with Crippen molar-refractivity contribution in [1.29, 1.82) is 0 Å². The second-order valence-electron chi connectivity index (χ2n) is 7.13. The van der Waals surface area contributed by atoms with Crippen LogP contribution in [0.3, 0.4) is 0 Å². The van der Waals surface area contributed by atoms with Crippen LogP contribution in [0.4, 0.5) is 0 Å². The number of amides is 1. The molecule has 4 rings (SSSR count). The average Bonchev–Trinajstić information content (AvgIpc) is 3.52. The minimum atomic E-state index is -0.676. The summed E-state index contributed by atoms with van der Waals surface area (Å²) in [4.78, 5) is 32.3. The number of hydrogen-bond acceptors (Lipinski definition) is 6. The molecule has 3 heterocycles. The number of ketones is 1. The lowest BCUT2D eigenvalue weighted by atomic mass is 9.95. The first-order valence-corrected chi connectivity index (χ1v) is 11.0. The van der Waals surface area contributed by atoms with Crippen molar-refractivity contribution in [3.63, 3.8) is 0 Å². The molecule has 2 aromatic heterocycles. The predicted molar refractivity (Wildman–Crippen MR) is 117 cm³/mol. The minimum absolute atomic E-state index is 0.115. The van der Waals surface area contributed by atoms with Gasteiger partial charge in [-0.05, 0) is 42.5 Å². The fourth-order valence-electron chi connectivity index (χ4n) is 3.79. The van der Waals surface area contributed by atoms with E-state index in [2.05, 4.69) is 4.98 Å². The summed E-state index contributed by atoms with van der Waals surface area (Å²) in [7, 11) is 0. The number of carbonyl (C=O) groups excluding carboxylic acids is 2. The number of aliphatic hydroxyl groups excluding tert-OH is 1. The number of Topliss-reactive ketones (excluding diaryl/α,β-unsaturated/α-hetero) is 1. The first-order valence-electron chi connectivity index (χ1n) is 10.1. The molecule has 0 saturated heterocycles. The van der Waals surface area contributed by atoms with E-state index in [0.717, 1.165) is 5.56 Å². The summed E-state index contributed by atoms with van der Waals surface area (Å²) in [6, 6.07) is 10.1. The van der Waals surface area contributed by atoms with Crippen LogP contribution in [-0.4, -0.2) is 44.4 Å². The van der Waals surface area contributed by atoms with Gasteiger partial charge in [-0.1, -0.05) is 18.2 Å². The Bertz CT molecular complexity index is 1090. The van der Waals surface area contributed by atoms with E-state index < -0.39 is 17.7 Å². The maximum atomic E-state index is 13.2. The van der Waals surface area contributed by atoms with Gasteiger partial charge in [0.1, 0.15) is 5.75 Å². The van der Waals surface area contributed by atoms with Crippen molar-refractivity contribution < 1.29 is 19.4 Å². The average molecular weight is 438 g/mol. The van der Waals surface area contributed by atoms with Crippen molar-refractivity contribution in [2.24, 2.45) is 0 Å². The molecule has 3 aromatic rings. The molecule has 1 N–H and O–H groups in total. The molecular weight excluding hydrogens is 414 g/mol. The number of ether oxygens (including phenoxy) is 1. The highest BCUT2D eigenvalue weighted by Crippen LogP contribution is 2.40. The Morgan fingerprint density at radius 3 is 2.84 bits per heavy atom. The van der Waals surface area contributed by atoms with Gasteiger partial charge in [-0.2, -0.15) is 0 Å². The highest BCUT2D eigenvalue weighted by Gasteiger charge is 2.43. The molecule has 8 heteroatoms. The van der Waals surface area contributed by atoms with Gasteiger partial charge in [0, 0.05) is 25.5 Å². The topological polar surface area (TPSA) is 84.7 Å². The summed E-state index contributed by atoms with van der Waals surface area (Å²) >= 11 is 1.29. The van der Waals surface area contributed by atoms with Gasteiger partial charge in [0.05, 0.1) is 29.4 Å². The monoisotopic (exact) mass is 437 g/mol. The lowest BCUT2D eigenvalue weighted by molar-refractivity contribution is -0.129. The number of thiophene rings is 1. The van der Waals surface area contributed by atoms with Gasteiger partial charge >= 0.3 is 0 Å². The van der Waals surface area contributed by atoms with E-state index in [1.165, 1.54) is 11.3 Å². The van der Waals surface area contributed by atoms with E-state index in [9.17, 15) is 14.7 Å². The van der Waals surface area contributed by atoms with Crippen molar-refractivity contribution >= 4 is 23.0 Å². The first-order chi connectivity index (χ1) is 15.1. The number of rotatable bonds is 9. The van der Waals surface area contributed by atoms with Crippen LogP contribution in [-0.2, 0) is 11.3 Å². The zero-order valence-corrected chi connectivity index (χ0v) is 17.9. The van der Waals surface area contributed by atoms with Crippen LogP contribution in [0, 0.1) is 0 Å². The summed E-state index contributed by atoms with van der Waals surface area (Å²) < 4.78 is 7.54. The molecule has 1 aromatic carbocycles. The Kier molecular flexibility index (Phi) is 6.18. The third kappa shape index (κ3) is 4.25. The van der Waals surface area contributed by atoms with E-state index in [1.807, 2.05) is 42.0 Å². The second-order valence-corrected chi connectivity index (χ2v) is 8.08. The van der Waals surface area contributed by atoms with Crippen LogP contribution in [0.5, 0.6) is 5.75 Å². The lowest BCUT2D eigenvalue weighted by Gasteiger charge is -2.27. The third-order valence-corrected chi connectivity index (χ3v) is 6.02. The Balaban J connectivity index is 1.67. The molecule has 0 radical (unpaired) electrons. The standard InChI is InChI=1S/C23H23N3O4S/c1-2-30-17-7-3-6-16(14-17)20-19(21(27)18-8-4-13-31-18)22(28)23(29)26(20)11-5-10-25-12-9-24-15-25/h3-4,6-9,12-15,20,28H,2,5,10-11H2,1H3. The summed E-state index contributed by atoms with van der Waals surface area (Å²) in [6.07, 6.45) is 5.93. The van der Waals surface area contributed by atoms with Crippen molar-refractivity contribution in [1.82, 2.24) is 14.5 Å². The highest BCUT2D eigenvalue weighted by molar-refractivity contribution is 7.12. The predicted octanol–water partition coefficient (Wildman–Crippen LogP) is 4.01. The van der Waals surface area contributed by atoms with Crippen molar-refractivity contribution in [3.05, 3.63) is 82.3 Å². The first kappa shape index (κ1) is 20.9. The molecular formula is C23H23N3O4S. The number of nitrogens with zero attached hydrogens (tertiary/aromatic N) is 3. The largest absolute Gasteiger partial charge is 0.503 e. The molecule has 0 saturated carbocycles. The van der Waals surface area contributed by atoms with E-state index >= 15 is 0 Å². The summed E-state index contributed by atoms with van der Waals surface area (Å²) in [5, 5.41) is 12.5. The van der Waals surface area contributed by atoms with E-state index in [4.69, 9.17) is 4.74 Å². The van der Waals surface area contributed by atoms with Crippen LogP contribution in [0.15, 0.2) is 71.8 Å².